The molecule has 34 heavy (non-hydrogen) atoms. The number of hydrogen-bond acceptors (Lipinski definition) is 6. The number of anilines is 1. The number of aryl methyl sites for hydroxylation is 1. The Morgan fingerprint density at radius 2 is 1.85 bits per heavy atom. The smallest absolute Gasteiger partial charge is 0.301 e. The number of nitrogens with zero attached hydrogens (tertiary/aromatic N) is 2. The van der Waals surface area contributed by atoms with Crippen molar-refractivity contribution < 1.29 is 19.4 Å². The second kappa shape index (κ2) is 8.59. The Bertz CT molecular complexity index is 1480. The lowest BCUT2D eigenvalue weighted by Gasteiger charge is -2.23. The van der Waals surface area contributed by atoms with E-state index < -0.39 is 17.7 Å². The molecule has 2 heterocycles. The molecule has 1 aromatic heterocycles. The van der Waals surface area contributed by atoms with Crippen molar-refractivity contribution in [2.24, 2.45) is 0 Å². The zero-order valence-electron chi connectivity index (χ0n) is 18.3. The molecule has 3 aromatic carbocycles. The number of amides is 1. The molecule has 1 amide bonds. The summed E-state index contributed by atoms with van der Waals surface area (Å²) in [5, 5.41) is 12.1. The van der Waals surface area contributed by atoms with Gasteiger partial charge in [-0.3, -0.25) is 14.5 Å². The Balaban J connectivity index is 1.73. The van der Waals surface area contributed by atoms with Gasteiger partial charge in [0.1, 0.15) is 11.5 Å². The predicted octanol–water partition coefficient (Wildman–Crippen LogP) is 5.89. The number of thiazole rings is 1. The molecule has 0 radical (unpaired) electrons. The molecule has 0 aliphatic carbocycles. The number of ether oxygens (including phenoxy) is 1. The normalized spacial score (nSPS) is 17.5. The third-order valence-corrected chi connectivity index (χ3v) is 6.98. The largest absolute Gasteiger partial charge is 0.507 e. The number of aliphatic hydroxyl groups excluding tert-OH is 1. The lowest BCUT2D eigenvalue weighted by Crippen LogP contribution is -2.29. The number of hydrogen-bond donors (Lipinski definition) is 1. The third kappa shape index (κ3) is 3.73. The molecule has 1 N–H and O–H groups in total. The van der Waals surface area contributed by atoms with E-state index >= 15 is 0 Å². The third-order valence-electron chi connectivity index (χ3n) is 5.71. The highest BCUT2D eigenvalue weighted by atomic mass is 35.5. The van der Waals surface area contributed by atoms with E-state index in [-0.39, 0.29) is 11.3 Å². The Hall–Kier alpha value is -3.68. The number of carbonyl (C=O) groups excluding carboxylic acids is 2. The second-order valence-corrected chi connectivity index (χ2v) is 9.37. The first-order chi connectivity index (χ1) is 16.4. The lowest BCUT2D eigenvalue weighted by molar-refractivity contribution is -0.132. The van der Waals surface area contributed by atoms with Gasteiger partial charge in [0.15, 0.2) is 5.13 Å². The topological polar surface area (TPSA) is 79.7 Å². The maximum absolute atomic E-state index is 13.3. The number of halogens is 1. The highest BCUT2D eigenvalue weighted by molar-refractivity contribution is 7.22. The van der Waals surface area contributed by atoms with Crippen LogP contribution in [0.25, 0.3) is 16.0 Å². The van der Waals surface area contributed by atoms with Crippen molar-refractivity contribution >= 4 is 55.7 Å². The van der Waals surface area contributed by atoms with Crippen molar-refractivity contribution in [3.05, 3.63) is 94.0 Å². The summed E-state index contributed by atoms with van der Waals surface area (Å²) in [6.07, 6.45) is 0. The van der Waals surface area contributed by atoms with Gasteiger partial charge in [0, 0.05) is 10.6 Å². The van der Waals surface area contributed by atoms with Crippen LogP contribution in [0.3, 0.4) is 0 Å². The van der Waals surface area contributed by atoms with E-state index in [1.807, 2.05) is 25.1 Å². The zero-order valence-corrected chi connectivity index (χ0v) is 19.9. The van der Waals surface area contributed by atoms with Crippen LogP contribution in [0.4, 0.5) is 5.13 Å². The highest BCUT2D eigenvalue weighted by Gasteiger charge is 2.48. The molecule has 0 bridgehead atoms. The van der Waals surface area contributed by atoms with E-state index in [0.29, 0.717) is 27.0 Å². The van der Waals surface area contributed by atoms with E-state index in [2.05, 4.69) is 4.98 Å². The molecule has 1 aliphatic heterocycles. The van der Waals surface area contributed by atoms with Crippen molar-refractivity contribution in [3.8, 4) is 5.75 Å². The molecule has 8 heteroatoms. The Labute approximate surface area is 204 Å². The maximum atomic E-state index is 13.3. The first kappa shape index (κ1) is 22.1. The van der Waals surface area contributed by atoms with Gasteiger partial charge in [0.25, 0.3) is 5.78 Å². The molecule has 1 atom stereocenters. The first-order valence-electron chi connectivity index (χ1n) is 10.5. The van der Waals surface area contributed by atoms with Gasteiger partial charge in [0.2, 0.25) is 0 Å². The van der Waals surface area contributed by atoms with Gasteiger partial charge < -0.3 is 9.84 Å². The van der Waals surface area contributed by atoms with Gasteiger partial charge in [-0.25, -0.2) is 4.98 Å². The quantitative estimate of drug-likeness (QED) is 0.219. The van der Waals surface area contributed by atoms with Crippen LogP contribution in [-0.4, -0.2) is 28.9 Å². The van der Waals surface area contributed by atoms with Crippen LogP contribution >= 0.6 is 22.9 Å². The Morgan fingerprint density at radius 3 is 2.59 bits per heavy atom. The summed E-state index contributed by atoms with van der Waals surface area (Å²) in [6, 6.07) is 18.5. The molecular formula is C26H19ClN2O4S. The van der Waals surface area contributed by atoms with Crippen molar-refractivity contribution in [3.63, 3.8) is 0 Å². The molecule has 0 saturated carbocycles. The molecular weight excluding hydrogens is 472 g/mol. The first-order valence-corrected chi connectivity index (χ1v) is 11.6. The molecule has 1 saturated heterocycles. The summed E-state index contributed by atoms with van der Waals surface area (Å²) < 4.78 is 6.16. The number of fused-ring (bicyclic) bond motifs is 1. The number of carbonyl (C=O) groups is 2. The van der Waals surface area contributed by atoms with Crippen LogP contribution in [0, 0.1) is 6.92 Å². The van der Waals surface area contributed by atoms with Gasteiger partial charge >= 0.3 is 5.91 Å². The molecule has 1 unspecified atom stereocenters. The number of benzene rings is 3. The minimum absolute atomic E-state index is 0.0176. The lowest BCUT2D eigenvalue weighted by atomic mass is 9.95. The molecule has 5 rings (SSSR count). The number of aromatic nitrogens is 1. The molecule has 170 valence electrons. The fraction of sp³-hybridized carbons (Fsp3) is 0.115. The SMILES string of the molecule is COc1cccc(/C(O)=C2\C(=O)C(=O)N(c3nc4ccc(C)cc4s3)C2c2ccc(Cl)cc2)c1. The molecule has 0 spiro atoms. The van der Waals surface area contributed by atoms with Crippen LogP contribution in [0.5, 0.6) is 5.75 Å². The average molecular weight is 491 g/mol. The van der Waals surface area contributed by atoms with E-state index in [1.165, 1.54) is 23.3 Å². The number of methoxy groups -OCH3 is 1. The van der Waals surface area contributed by atoms with E-state index in [1.54, 1.807) is 48.5 Å². The van der Waals surface area contributed by atoms with Gasteiger partial charge in [0.05, 0.1) is 28.9 Å². The fourth-order valence-corrected chi connectivity index (χ4v) is 5.26. The highest BCUT2D eigenvalue weighted by Crippen LogP contribution is 2.44. The van der Waals surface area contributed by atoms with Crippen LogP contribution in [0.2, 0.25) is 5.02 Å². The van der Waals surface area contributed by atoms with E-state index in [9.17, 15) is 14.7 Å². The predicted molar refractivity (Wildman–Crippen MR) is 134 cm³/mol. The monoisotopic (exact) mass is 490 g/mol. The average Bonchev–Trinajstić information content (AvgIpc) is 3.37. The van der Waals surface area contributed by atoms with Crippen LogP contribution in [0.15, 0.2) is 72.3 Å². The summed E-state index contributed by atoms with van der Waals surface area (Å²) >= 11 is 7.42. The Kier molecular flexibility index (Phi) is 5.59. The summed E-state index contributed by atoms with van der Waals surface area (Å²) in [5.41, 5.74) is 2.78. The van der Waals surface area contributed by atoms with E-state index in [0.717, 1.165) is 15.8 Å². The van der Waals surface area contributed by atoms with Gasteiger partial charge in [-0.15, -0.1) is 0 Å². The zero-order chi connectivity index (χ0) is 24.0. The van der Waals surface area contributed by atoms with Crippen molar-refractivity contribution in [1.29, 1.82) is 0 Å². The molecule has 4 aromatic rings. The minimum Gasteiger partial charge on any atom is -0.507 e. The molecule has 1 fully saturated rings. The van der Waals surface area contributed by atoms with Gasteiger partial charge in [-0.05, 0) is 54.4 Å². The number of Topliss-reactive ketones (excluding diaryl/α,β-unsaturated/α-hetero) is 1. The van der Waals surface area contributed by atoms with Gasteiger partial charge in [-0.1, -0.05) is 53.3 Å². The van der Waals surface area contributed by atoms with Gasteiger partial charge in [-0.2, -0.15) is 0 Å². The summed E-state index contributed by atoms with van der Waals surface area (Å²) in [5.74, 6) is -1.30. The number of rotatable bonds is 4. The Morgan fingerprint density at radius 1 is 1.09 bits per heavy atom. The summed E-state index contributed by atoms with van der Waals surface area (Å²) in [4.78, 5) is 32.6. The summed E-state index contributed by atoms with van der Waals surface area (Å²) in [6.45, 7) is 1.98. The van der Waals surface area contributed by atoms with Crippen LogP contribution < -0.4 is 9.64 Å². The maximum Gasteiger partial charge on any atom is 0.301 e. The van der Waals surface area contributed by atoms with E-state index in [4.69, 9.17) is 16.3 Å². The molecule has 1 aliphatic rings. The summed E-state index contributed by atoms with van der Waals surface area (Å²) in [7, 11) is 1.51. The number of aliphatic hydroxyl groups is 1. The molecule has 6 nitrogen and oxygen atoms in total. The second-order valence-electron chi connectivity index (χ2n) is 7.92. The number of ketones is 1. The van der Waals surface area contributed by atoms with Crippen LogP contribution in [-0.2, 0) is 9.59 Å². The van der Waals surface area contributed by atoms with Crippen molar-refractivity contribution in [2.45, 2.75) is 13.0 Å². The van der Waals surface area contributed by atoms with Crippen molar-refractivity contribution in [1.82, 2.24) is 4.98 Å². The minimum atomic E-state index is -0.870. The van der Waals surface area contributed by atoms with Crippen molar-refractivity contribution in [2.75, 3.05) is 12.0 Å². The standard InChI is InChI=1S/C26H19ClN2O4S/c1-14-6-11-19-20(12-14)34-26(28-19)29-22(15-7-9-17(27)10-8-15)21(24(31)25(29)32)23(30)16-4-3-5-18(13-16)33-2/h3-13,22,30H,1-2H3/b23-21+. The van der Waals surface area contributed by atoms with Crippen LogP contribution in [0.1, 0.15) is 22.7 Å². The fourth-order valence-electron chi connectivity index (χ4n) is 4.04.